The maximum absolute atomic E-state index is 12.1. The fourth-order valence-corrected chi connectivity index (χ4v) is 5.98. The standard InChI is InChI=1S/C25H30N4O3S/c1-2-33(31,32)21-12-14-28(15-13-21)16-18-6-8-19(9-7-18)22-4-3-5-24-26-23(17-29(22)24)27-25(30)20-10-11-20/h3-9,17,20-21H,2,10-16H2,1H3,(H,27,30). The quantitative estimate of drug-likeness (QED) is 0.573. The number of pyridine rings is 1. The van der Waals surface area contributed by atoms with E-state index in [0.717, 1.165) is 62.2 Å². The first-order valence-corrected chi connectivity index (χ1v) is 13.5. The number of nitrogens with one attached hydrogen (secondary N) is 1. The van der Waals surface area contributed by atoms with Gasteiger partial charge in [-0.2, -0.15) is 0 Å². The van der Waals surface area contributed by atoms with Gasteiger partial charge in [-0.1, -0.05) is 37.3 Å². The molecule has 0 radical (unpaired) electrons. The summed E-state index contributed by atoms with van der Waals surface area (Å²) in [5, 5.41) is 2.74. The molecule has 174 valence electrons. The van der Waals surface area contributed by atoms with Crippen LogP contribution in [0.25, 0.3) is 16.9 Å². The van der Waals surface area contributed by atoms with Crippen molar-refractivity contribution in [3.8, 4) is 11.3 Å². The van der Waals surface area contributed by atoms with Gasteiger partial charge in [-0.25, -0.2) is 13.4 Å². The minimum atomic E-state index is -2.94. The number of carbonyl (C=O) groups excluding carboxylic acids is 1. The summed E-state index contributed by atoms with van der Waals surface area (Å²) >= 11 is 0. The Labute approximate surface area is 194 Å². The summed E-state index contributed by atoms with van der Waals surface area (Å²) in [5.74, 6) is 1.02. The molecule has 2 aromatic heterocycles. The number of rotatable bonds is 7. The maximum atomic E-state index is 12.1. The van der Waals surface area contributed by atoms with Crippen LogP contribution in [0.1, 0.15) is 38.2 Å². The van der Waals surface area contributed by atoms with E-state index >= 15 is 0 Å². The number of nitrogens with zero attached hydrogens (tertiary/aromatic N) is 3. The molecule has 1 N–H and O–H groups in total. The van der Waals surface area contributed by atoms with E-state index in [1.54, 1.807) is 6.92 Å². The van der Waals surface area contributed by atoms with Crippen molar-refractivity contribution in [1.29, 1.82) is 0 Å². The lowest BCUT2D eigenvalue weighted by Gasteiger charge is -2.31. The maximum Gasteiger partial charge on any atom is 0.228 e. The minimum Gasteiger partial charge on any atom is -0.309 e. The molecule has 1 saturated heterocycles. The molecule has 33 heavy (non-hydrogen) atoms. The Morgan fingerprint density at radius 2 is 1.79 bits per heavy atom. The summed E-state index contributed by atoms with van der Waals surface area (Å²) in [4.78, 5) is 19.0. The molecule has 1 saturated carbocycles. The molecule has 5 rings (SSSR count). The lowest BCUT2D eigenvalue weighted by molar-refractivity contribution is -0.117. The van der Waals surface area contributed by atoms with Crippen LogP contribution in [0.3, 0.4) is 0 Å². The summed E-state index contributed by atoms with van der Waals surface area (Å²) in [6.07, 6.45) is 5.25. The number of anilines is 1. The van der Waals surface area contributed by atoms with Crippen molar-refractivity contribution in [2.45, 2.75) is 44.4 Å². The zero-order valence-electron chi connectivity index (χ0n) is 18.9. The fourth-order valence-electron chi connectivity index (χ4n) is 4.58. The highest BCUT2D eigenvalue weighted by Crippen LogP contribution is 2.30. The normalized spacial score (nSPS) is 18.0. The summed E-state index contributed by atoms with van der Waals surface area (Å²) < 4.78 is 26.3. The molecule has 0 spiro atoms. The summed E-state index contributed by atoms with van der Waals surface area (Å²) in [7, 11) is -2.94. The van der Waals surface area contributed by atoms with Gasteiger partial charge in [0.1, 0.15) is 5.65 Å². The van der Waals surface area contributed by atoms with Crippen molar-refractivity contribution in [2.75, 3.05) is 24.2 Å². The van der Waals surface area contributed by atoms with Gasteiger partial charge >= 0.3 is 0 Å². The summed E-state index contributed by atoms with van der Waals surface area (Å²) in [5.41, 5.74) is 4.11. The van der Waals surface area contributed by atoms with Crippen LogP contribution >= 0.6 is 0 Å². The molecule has 0 unspecified atom stereocenters. The molecule has 0 atom stereocenters. The van der Waals surface area contributed by atoms with E-state index < -0.39 is 9.84 Å². The largest absolute Gasteiger partial charge is 0.309 e. The van der Waals surface area contributed by atoms with Gasteiger partial charge in [0, 0.05) is 18.2 Å². The second-order valence-corrected chi connectivity index (χ2v) is 11.7. The van der Waals surface area contributed by atoms with Crippen LogP contribution in [-0.2, 0) is 21.2 Å². The highest BCUT2D eigenvalue weighted by Gasteiger charge is 2.30. The van der Waals surface area contributed by atoms with Crippen molar-refractivity contribution < 1.29 is 13.2 Å². The van der Waals surface area contributed by atoms with E-state index in [0.29, 0.717) is 5.82 Å². The molecule has 1 aliphatic carbocycles. The number of hydrogen-bond acceptors (Lipinski definition) is 5. The third-order valence-electron chi connectivity index (χ3n) is 6.79. The molecule has 1 amide bonds. The first-order chi connectivity index (χ1) is 15.9. The number of hydrogen-bond donors (Lipinski definition) is 1. The molecule has 1 aliphatic heterocycles. The first kappa shape index (κ1) is 22.1. The number of benzene rings is 1. The third-order valence-corrected chi connectivity index (χ3v) is 9.08. The molecule has 2 aliphatic rings. The second-order valence-electron chi connectivity index (χ2n) is 9.15. The summed E-state index contributed by atoms with van der Waals surface area (Å²) in [6, 6.07) is 14.5. The van der Waals surface area contributed by atoms with Gasteiger partial charge < -0.3 is 5.32 Å². The first-order valence-electron chi connectivity index (χ1n) is 11.7. The number of fused-ring (bicyclic) bond motifs is 1. The van der Waals surface area contributed by atoms with Crippen molar-refractivity contribution in [2.24, 2.45) is 5.92 Å². The molecule has 1 aromatic carbocycles. The topological polar surface area (TPSA) is 83.8 Å². The highest BCUT2D eigenvalue weighted by atomic mass is 32.2. The fraction of sp³-hybridized carbons (Fsp3) is 0.440. The van der Waals surface area contributed by atoms with Crippen molar-refractivity contribution >= 4 is 27.2 Å². The Kier molecular flexibility index (Phi) is 5.97. The van der Waals surface area contributed by atoms with Crippen LogP contribution in [0.2, 0.25) is 0 Å². The number of imidazole rings is 1. The molecular weight excluding hydrogens is 436 g/mol. The van der Waals surface area contributed by atoms with Crippen LogP contribution in [-0.4, -0.2) is 52.7 Å². The Morgan fingerprint density at radius 3 is 2.45 bits per heavy atom. The Morgan fingerprint density at radius 1 is 1.06 bits per heavy atom. The average Bonchev–Trinajstić information content (AvgIpc) is 3.60. The number of carbonyl (C=O) groups is 1. The van der Waals surface area contributed by atoms with Gasteiger partial charge in [0.15, 0.2) is 15.7 Å². The molecule has 8 heteroatoms. The van der Waals surface area contributed by atoms with Crippen LogP contribution < -0.4 is 5.32 Å². The second kappa shape index (κ2) is 8.91. The van der Waals surface area contributed by atoms with Crippen LogP contribution in [0.15, 0.2) is 48.7 Å². The number of amides is 1. The predicted octanol–water partition coefficient (Wildman–Crippen LogP) is 3.75. The lowest BCUT2D eigenvalue weighted by atomic mass is 10.1. The molecule has 0 bridgehead atoms. The van der Waals surface area contributed by atoms with Gasteiger partial charge in [0.05, 0.1) is 17.1 Å². The van der Waals surface area contributed by atoms with E-state index in [4.69, 9.17) is 0 Å². The highest BCUT2D eigenvalue weighted by molar-refractivity contribution is 7.92. The summed E-state index contributed by atoms with van der Waals surface area (Å²) in [6.45, 7) is 4.19. The van der Waals surface area contributed by atoms with Crippen LogP contribution in [0.4, 0.5) is 5.82 Å². The Balaban J connectivity index is 1.27. The number of likely N-dealkylation sites (tertiary alicyclic amines) is 1. The van der Waals surface area contributed by atoms with Gasteiger partial charge in [0.25, 0.3) is 0 Å². The van der Waals surface area contributed by atoms with Crippen LogP contribution in [0.5, 0.6) is 0 Å². The van der Waals surface area contributed by atoms with E-state index in [-0.39, 0.29) is 22.8 Å². The minimum absolute atomic E-state index is 0.0561. The van der Waals surface area contributed by atoms with Gasteiger partial charge in [-0.3, -0.25) is 14.1 Å². The molecule has 3 aromatic rings. The van der Waals surface area contributed by atoms with E-state index in [1.165, 1.54) is 5.56 Å². The van der Waals surface area contributed by atoms with E-state index in [1.807, 2.05) is 22.7 Å². The molecule has 7 nitrogen and oxygen atoms in total. The van der Waals surface area contributed by atoms with Gasteiger partial charge in [-0.15, -0.1) is 0 Å². The van der Waals surface area contributed by atoms with Gasteiger partial charge in [0.2, 0.25) is 5.91 Å². The third kappa shape index (κ3) is 4.82. The van der Waals surface area contributed by atoms with Crippen molar-refractivity contribution in [1.82, 2.24) is 14.3 Å². The SMILES string of the molecule is CCS(=O)(=O)C1CCN(Cc2ccc(-c3cccc4nc(NC(=O)C5CC5)cn34)cc2)CC1. The molecular formula is C25H30N4O3S. The number of aromatic nitrogens is 2. The van der Waals surface area contributed by atoms with Crippen LogP contribution in [0, 0.1) is 5.92 Å². The Bertz CT molecular complexity index is 1250. The van der Waals surface area contributed by atoms with E-state index in [2.05, 4.69) is 45.5 Å². The zero-order valence-corrected chi connectivity index (χ0v) is 19.7. The van der Waals surface area contributed by atoms with Crippen molar-refractivity contribution in [3.05, 3.63) is 54.2 Å². The Hall–Kier alpha value is -2.71. The van der Waals surface area contributed by atoms with Gasteiger partial charge in [-0.05, 0) is 62.0 Å². The number of piperidine rings is 1. The molecule has 2 fully saturated rings. The number of sulfone groups is 1. The lowest BCUT2D eigenvalue weighted by Crippen LogP contribution is -2.39. The smallest absolute Gasteiger partial charge is 0.228 e. The predicted molar refractivity (Wildman–Crippen MR) is 130 cm³/mol. The van der Waals surface area contributed by atoms with Crippen molar-refractivity contribution in [3.63, 3.8) is 0 Å². The van der Waals surface area contributed by atoms with E-state index in [9.17, 15) is 13.2 Å². The molecule has 3 heterocycles. The zero-order chi connectivity index (χ0) is 23.0. The average molecular weight is 467 g/mol. The monoisotopic (exact) mass is 466 g/mol.